The molecule has 0 radical (unpaired) electrons. The Kier molecular flexibility index (Phi) is 5.55. The summed E-state index contributed by atoms with van der Waals surface area (Å²) in [6, 6.07) is 8.35. The summed E-state index contributed by atoms with van der Waals surface area (Å²) in [5, 5.41) is 5.37. The van der Waals surface area contributed by atoms with Crippen LogP contribution < -0.4 is 4.72 Å². The first kappa shape index (κ1) is 19.5. The van der Waals surface area contributed by atoms with Crippen molar-refractivity contribution in [2.45, 2.75) is 24.6 Å². The van der Waals surface area contributed by atoms with E-state index in [1.165, 1.54) is 6.07 Å². The summed E-state index contributed by atoms with van der Waals surface area (Å²) >= 11 is 18.8. The van der Waals surface area contributed by atoms with Gasteiger partial charge in [-0.2, -0.15) is 5.10 Å². The standard InChI is InChI=1S/C16H14Cl3N3O2S2/c1-9-16(21-26(23,24)15-6-5-14(19)25-15)10(2)22(20-9)8-11-3-4-12(17)13(18)7-11/h3-7,21H,8H2,1-2H3. The largest absolute Gasteiger partial charge is 0.275 e. The third kappa shape index (κ3) is 4.02. The lowest BCUT2D eigenvalue weighted by molar-refractivity contribution is 0.603. The van der Waals surface area contributed by atoms with Crippen LogP contribution in [0, 0.1) is 13.8 Å². The molecule has 0 fully saturated rings. The molecule has 0 spiro atoms. The monoisotopic (exact) mass is 449 g/mol. The van der Waals surface area contributed by atoms with Gasteiger partial charge in [-0.1, -0.05) is 40.9 Å². The number of nitrogens with one attached hydrogen (secondary N) is 1. The minimum absolute atomic E-state index is 0.151. The molecule has 1 N–H and O–H groups in total. The number of sulfonamides is 1. The molecule has 10 heteroatoms. The zero-order valence-corrected chi connectivity index (χ0v) is 17.7. The van der Waals surface area contributed by atoms with Crippen LogP contribution in [0.3, 0.4) is 0 Å². The molecule has 0 aliphatic rings. The van der Waals surface area contributed by atoms with E-state index < -0.39 is 10.0 Å². The van der Waals surface area contributed by atoms with E-state index >= 15 is 0 Å². The van der Waals surface area contributed by atoms with Crippen molar-refractivity contribution < 1.29 is 8.42 Å². The van der Waals surface area contributed by atoms with E-state index in [0.717, 1.165) is 16.9 Å². The summed E-state index contributed by atoms with van der Waals surface area (Å²) < 4.78 is 30.0. The first-order valence-corrected chi connectivity index (χ1v) is 10.9. The molecule has 0 bridgehead atoms. The summed E-state index contributed by atoms with van der Waals surface area (Å²) in [6.07, 6.45) is 0. The number of benzene rings is 1. The van der Waals surface area contributed by atoms with Gasteiger partial charge in [0.2, 0.25) is 0 Å². The highest BCUT2D eigenvalue weighted by atomic mass is 35.5. The maximum Gasteiger partial charge on any atom is 0.271 e. The molecule has 0 amide bonds. The molecular weight excluding hydrogens is 437 g/mol. The van der Waals surface area contributed by atoms with Crippen molar-refractivity contribution in [1.82, 2.24) is 9.78 Å². The van der Waals surface area contributed by atoms with Gasteiger partial charge in [0, 0.05) is 0 Å². The van der Waals surface area contributed by atoms with E-state index in [0.29, 0.717) is 38.0 Å². The number of hydrogen-bond acceptors (Lipinski definition) is 4. The first-order chi connectivity index (χ1) is 12.2. The summed E-state index contributed by atoms with van der Waals surface area (Å²) in [6.45, 7) is 3.99. The third-order valence-corrected chi connectivity index (χ3v) is 7.56. The van der Waals surface area contributed by atoms with Gasteiger partial charge in [0.05, 0.1) is 38.0 Å². The Labute approximate surface area is 170 Å². The zero-order chi connectivity index (χ0) is 19.1. The number of hydrogen-bond donors (Lipinski definition) is 1. The fourth-order valence-corrected chi connectivity index (χ4v) is 5.42. The number of anilines is 1. The van der Waals surface area contributed by atoms with Gasteiger partial charge in [0.1, 0.15) is 4.21 Å². The van der Waals surface area contributed by atoms with Gasteiger partial charge in [0.25, 0.3) is 10.0 Å². The van der Waals surface area contributed by atoms with Crippen LogP contribution in [0.15, 0.2) is 34.5 Å². The Morgan fingerprint density at radius 3 is 2.46 bits per heavy atom. The fraction of sp³-hybridized carbons (Fsp3) is 0.188. The van der Waals surface area contributed by atoms with Crippen LogP contribution in [-0.2, 0) is 16.6 Å². The van der Waals surface area contributed by atoms with E-state index in [9.17, 15) is 8.42 Å². The normalized spacial score (nSPS) is 11.7. The highest BCUT2D eigenvalue weighted by Gasteiger charge is 2.21. The van der Waals surface area contributed by atoms with Crippen LogP contribution in [0.1, 0.15) is 17.0 Å². The molecule has 26 heavy (non-hydrogen) atoms. The van der Waals surface area contributed by atoms with Crippen molar-refractivity contribution in [1.29, 1.82) is 0 Å². The highest BCUT2D eigenvalue weighted by Crippen LogP contribution is 2.30. The first-order valence-electron chi connectivity index (χ1n) is 7.43. The number of nitrogens with zero attached hydrogens (tertiary/aromatic N) is 2. The lowest BCUT2D eigenvalue weighted by Gasteiger charge is -2.08. The van der Waals surface area contributed by atoms with Gasteiger partial charge in [-0.3, -0.25) is 9.40 Å². The van der Waals surface area contributed by atoms with Gasteiger partial charge >= 0.3 is 0 Å². The number of thiophene rings is 1. The van der Waals surface area contributed by atoms with E-state index in [1.807, 2.05) is 6.07 Å². The molecule has 0 aliphatic heterocycles. The van der Waals surface area contributed by atoms with Crippen molar-refractivity contribution >= 4 is 61.9 Å². The Morgan fingerprint density at radius 2 is 1.85 bits per heavy atom. The van der Waals surface area contributed by atoms with E-state index in [1.54, 1.807) is 36.7 Å². The second-order valence-corrected chi connectivity index (χ2v) is 10.1. The third-order valence-electron chi connectivity index (χ3n) is 3.75. The van der Waals surface area contributed by atoms with Gasteiger partial charge in [-0.25, -0.2) is 8.42 Å². The summed E-state index contributed by atoms with van der Waals surface area (Å²) in [5.41, 5.74) is 2.63. The van der Waals surface area contributed by atoms with Crippen LogP contribution in [0.25, 0.3) is 0 Å². The van der Waals surface area contributed by atoms with Crippen LogP contribution in [0.4, 0.5) is 5.69 Å². The average molecular weight is 451 g/mol. The van der Waals surface area contributed by atoms with Gasteiger partial charge < -0.3 is 0 Å². The van der Waals surface area contributed by atoms with Crippen LogP contribution >= 0.6 is 46.1 Å². The van der Waals surface area contributed by atoms with Crippen molar-refractivity contribution in [3.05, 3.63) is 61.7 Å². The predicted molar refractivity (Wildman–Crippen MR) is 107 cm³/mol. The molecule has 5 nitrogen and oxygen atoms in total. The quantitative estimate of drug-likeness (QED) is 0.568. The minimum atomic E-state index is -3.72. The molecule has 1 aromatic carbocycles. The second-order valence-electron chi connectivity index (χ2n) is 5.62. The topological polar surface area (TPSA) is 64.0 Å². The molecule has 0 unspecified atom stereocenters. The number of aryl methyl sites for hydroxylation is 1. The van der Waals surface area contributed by atoms with E-state index in [4.69, 9.17) is 34.8 Å². The number of rotatable bonds is 5. The molecule has 0 saturated heterocycles. The molecule has 2 aromatic heterocycles. The molecule has 138 valence electrons. The van der Waals surface area contributed by atoms with Crippen molar-refractivity contribution in [3.8, 4) is 0 Å². The second kappa shape index (κ2) is 7.40. The van der Waals surface area contributed by atoms with Gasteiger partial charge in [-0.15, -0.1) is 11.3 Å². The fourth-order valence-electron chi connectivity index (χ4n) is 2.44. The molecule has 0 aliphatic carbocycles. The lowest BCUT2D eigenvalue weighted by Crippen LogP contribution is -2.13. The van der Waals surface area contributed by atoms with Crippen molar-refractivity contribution in [2.24, 2.45) is 0 Å². The average Bonchev–Trinajstić information content (AvgIpc) is 3.11. The molecule has 0 saturated carbocycles. The Balaban J connectivity index is 1.89. The Morgan fingerprint density at radius 1 is 1.12 bits per heavy atom. The van der Waals surface area contributed by atoms with Crippen molar-refractivity contribution in [2.75, 3.05) is 4.72 Å². The highest BCUT2D eigenvalue weighted by molar-refractivity contribution is 7.94. The van der Waals surface area contributed by atoms with Crippen LogP contribution in [0.5, 0.6) is 0 Å². The zero-order valence-electron chi connectivity index (χ0n) is 13.8. The predicted octanol–water partition coefficient (Wildman–Crippen LogP) is 5.37. The SMILES string of the molecule is Cc1nn(Cc2ccc(Cl)c(Cl)c2)c(C)c1NS(=O)(=O)c1ccc(Cl)s1. The summed E-state index contributed by atoms with van der Waals surface area (Å²) in [5.74, 6) is 0. The van der Waals surface area contributed by atoms with Gasteiger partial charge in [0.15, 0.2) is 0 Å². The number of aromatic nitrogens is 2. The molecular formula is C16H14Cl3N3O2S2. The molecule has 3 aromatic rings. The summed E-state index contributed by atoms with van der Waals surface area (Å²) in [7, 11) is -3.72. The molecule has 3 rings (SSSR count). The summed E-state index contributed by atoms with van der Waals surface area (Å²) in [4.78, 5) is 0. The Bertz CT molecular complexity index is 1070. The van der Waals surface area contributed by atoms with E-state index in [-0.39, 0.29) is 4.21 Å². The maximum atomic E-state index is 12.5. The van der Waals surface area contributed by atoms with Crippen LogP contribution in [-0.4, -0.2) is 18.2 Å². The number of halogens is 3. The van der Waals surface area contributed by atoms with Crippen molar-refractivity contribution in [3.63, 3.8) is 0 Å². The van der Waals surface area contributed by atoms with E-state index in [2.05, 4.69) is 9.82 Å². The smallest absolute Gasteiger partial charge is 0.271 e. The Hall–Kier alpha value is -1.25. The maximum absolute atomic E-state index is 12.5. The molecule has 2 heterocycles. The van der Waals surface area contributed by atoms with Crippen LogP contribution in [0.2, 0.25) is 14.4 Å². The minimum Gasteiger partial charge on any atom is -0.275 e. The lowest BCUT2D eigenvalue weighted by atomic mass is 10.2. The molecule has 0 atom stereocenters. The van der Waals surface area contributed by atoms with Gasteiger partial charge in [-0.05, 0) is 43.7 Å².